The zero-order chi connectivity index (χ0) is 20.2. The number of methoxy groups -OCH3 is 1. The van der Waals surface area contributed by atoms with Crippen LogP contribution in [0.25, 0.3) is 0 Å². The van der Waals surface area contributed by atoms with Crippen molar-refractivity contribution in [1.29, 1.82) is 0 Å². The lowest BCUT2D eigenvalue weighted by molar-refractivity contribution is -0.121. The molecule has 150 valence electrons. The van der Waals surface area contributed by atoms with Crippen LogP contribution in [0.15, 0.2) is 54.9 Å². The van der Waals surface area contributed by atoms with Gasteiger partial charge in [-0.3, -0.25) is 4.79 Å². The van der Waals surface area contributed by atoms with Crippen molar-refractivity contribution in [3.8, 4) is 5.75 Å². The monoisotopic (exact) mass is 389 g/mol. The van der Waals surface area contributed by atoms with Crippen LogP contribution in [0, 0.1) is 0 Å². The molecule has 0 aliphatic heterocycles. The average molecular weight is 389 g/mol. The van der Waals surface area contributed by atoms with Crippen LogP contribution < -0.4 is 10.1 Å². The summed E-state index contributed by atoms with van der Waals surface area (Å²) in [6, 6.07) is 13.9. The highest BCUT2D eigenvalue weighted by Gasteiger charge is 2.21. The molecule has 0 spiro atoms. The second kappa shape index (κ2) is 8.52. The first-order chi connectivity index (χ1) is 14.1. The summed E-state index contributed by atoms with van der Waals surface area (Å²) < 4.78 is 7.20. The Labute approximate surface area is 171 Å². The average Bonchev–Trinajstić information content (AvgIpc) is 3.17. The van der Waals surface area contributed by atoms with Crippen LogP contribution in [0.1, 0.15) is 47.0 Å². The highest BCUT2D eigenvalue weighted by atomic mass is 16.5. The first-order valence-corrected chi connectivity index (χ1v) is 10.2. The number of nitrogens with zero attached hydrogens (tertiary/aromatic N) is 2. The number of aryl methyl sites for hydroxylation is 3. The van der Waals surface area contributed by atoms with Crippen molar-refractivity contribution in [3.63, 3.8) is 0 Å². The number of ether oxygens (including phenoxy) is 1. The summed E-state index contributed by atoms with van der Waals surface area (Å²) in [5.74, 6) is 1.58. The number of carbonyl (C=O) groups excluding carboxylic acids is 1. The summed E-state index contributed by atoms with van der Waals surface area (Å²) in [7, 11) is 3.58. The zero-order valence-corrected chi connectivity index (χ0v) is 17.0. The van der Waals surface area contributed by atoms with E-state index in [0.29, 0.717) is 6.42 Å². The van der Waals surface area contributed by atoms with Gasteiger partial charge in [-0.2, -0.15) is 0 Å². The maximum absolute atomic E-state index is 12.9. The van der Waals surface area contributed by atoms with Crippen LogP contribution in [-0.2, 0) is 31.1 Å². The maximum Gasteiger partial charge on any atom is 0.225 e. The van der Waals surface area contributed by atoms with Gasteiger partial charge in [0.15, 0.2) is 0 Å². The molecule has 0 fully saturated rings. The number of aromatic nitrogens is 2. The van der Waals surface area contributed by atoms with Gasteiger partial charge in [0.05, 0.1) is 13.5 Å². The third kappa shape index (κ3) is 4.34. The van der Waals surface area contributed by atoms with Gasteiger partial charge >= 0.3 is 0 Å². The number of amides is 1. The predicted octanol–water partition coefficient (Wildman–Crippen LogP) is 3.76. The number of benzene rings is 2. The minimum Gasteiger partial charge on any atom is -0.497 e. The van der Waals surface area contributed by atoms with E-state index in [1.54, 1.807) is 13.3 Å². The molecular weight excluding hydrogens is 362 g/mol. The predicted molar refractivity (Wildman–Crippen MR) is 113 cm³/mol. The van der Waals surface area contributed by atoms with E-state index in [2.05, 4.69) is 28.5 Å². The molecule has 0 bridgehead atoms. The molecule has 5 nitrogen and oxygen atoms in total. The molecule has 5 heteroatoms. The molecule has 1 aliphatic carbocycles. The van der Waals surface area contributed by atoms with Gasteiger partial charge in [0, 0.05) is 19.4 Å². The normalized spacial score (nSPS) is 14.1. The minimum atomic E-state index is -0.314. The number of hydrogen-bond donors (Lipinski definition) is 1. The Morgan fingerprint density at radius 2 is 1.90 bits per heavy atom. The fourth-order valence-electron chi connectivity index (χ4n) is 4.04. The zero-order valence-electron chi connectivity index (χ0n) is 17.0. The topological polar surface area (TPSA) is 56.1 Å². The van der Waals surface area contributed by atoms with Crippen LogP contribution in [-0.4, -0.2) is 22.6 Å². The van der Waals surface area contributed by atoms with Crippen molar-refractivity contribution >= 4 is 5.91 Å². The molecule has 1 heterocycles. The van der Waals surface area contributed by atoms with E-state index < -0.39 is 0 Å². The summed E-state index contributed by atoms with van der Waals surface area (Å²) in [5, 5.41) is 3.18. The van der Waals surface area contributed by atoms with Crippen LogP contribution >= 0.6 is 0 Å². The van der Waals surface area contributed by atoms with Crippen molar-refractivity contribution in [3.05, 3.63) is 82.9 Å². The van der Waals surface area contributed by atoms with E-state index in [4.69, 9.17) is 4.74 Å². The molecular formula is C24H27N3O2. The molecule has 1 aliphatic rings. The lowest BCUT2D eigenvalue weighted by atomic mass is 9.90. The molecule has 1 amide bonds. The Morgan fingerprint density at radius 1 is 1.14 bits per heavy atom. The van der Waals surface area contributed by atoms with Crippen LogP contribution in [0.3, 0.4) is 0 Å². The van der Waals surface area contributed by atoms with Gasteiger partial charge in [0.25, 0.3) is 0 Å². The molecule has 0 saturated heterocycles. The first-order valence-electron chi connectivity index (χ1n) is 10.2. The van der Waals surface area contributed by atoms with Crippen LogP contribution in [0.4, 0.5) is 0 Å². The summed E-state index contributed by atoms with van der Waals surface area (Å²) >= 11 is 0. The Balaban J connectivity index is 1.54. The van der Waals surface area contributed by atoms with Gasteiger partial charge in [-0.1, -0.05) is 30.3 Å². The third-order valence-corrected chi connectivity index (χ3v) is 5.65. The molecule has 29 heavy (non-hydrogen) atoms. The molecule has 4 rings (SSSR count). The maximum atomic E-state index is 12.9. The van der Waals surface area contributed by atoms with E-state index in [9.17, 15) is 4.79 Å². The summed E-state index contributed by atoms with van der Waals surface area (Å²) in [4.78, 5) is 17.4. The van der Waals surface area contributed by atoms with Crippen molar-refractivity contribution in [2.75, 3.05) is 7.11 Å². The standard InChI is InChI=1S/C24H27N3O2/c1-27-14-13-25-24(27)23(19-9-11-21(29-2)12-10-19)26-22(28)16-17-7-8-18-5-3-4-6-20(18)15-17/h7-15,23H,3-6,16H2,1-2H3,(H,26,28)/t23-/m0/s1. The van der Waals surface area contributed by atoms with Gasteiger partial charge in [0.2, 0.25) is 5.91 Å². The number of fused-ring (bicyclic) bond motifs is 1. The number of nitrogens with one attached hydrogen (secondary N) is 1. The van der Waals surface area contributed by atoms with Crippen LogP contribution in [0.5, 0.6) is 5.75 Å². The molecule has 1 atom stereocenters. The van der Waals surface area contributed by atoms with E-state index in [1.807, 2.05) is 42.1 Å². The van der Waals surface area contributed by atoms with Crippen LogP contribution in [0.2, 0.25) is 0 Å². The molecule has 0 saturated carbocycles. The van der Waals surface area contributed by atoms with Crippen molar-refractivity contribution in [2.24, 2.45) is 7.05 Å². The number of hydrogen-bond acceptors (Lipinski definition) is 3. The second-order valence-corrected chi connectivity index (χ2v) is 7.66. The second-order valence-electron chi connectivity index (χ2n) is 7.66. The number of imidazole rings is 1. The fraction of sp³-hybridized carbons (Fsp3) is 0.333. The van der Waals surface area contributed by atoms with E-state index in [-0.39, 0.29) is 11.9 Å². The van der Waals surface area contributed by atoms with Gasteiger partial charge in [-0.15, -0.1) is 0 Å². The summed E-state index contributed by atoms with van der Waals surface area (Å²) in [6.07, 6.45) is 8.78. The Morgan fingerprint density at radius 3 is 2.59 bits per heavy atom. The van der Waals surface area contributed by atoms with Gasteiger partial charge in [0.1, 0.15) is 17.6 Å². The van der Waals surface area contributed by atoms with Gasteiger partial charge in [-0.25, -0.2) is 4.98 Å². The lowest BCUT2D eigenvalue weighted by Crippen LogP contribution is -2.32. The molecule has 0 unspecified atom stereocenters. The molecule has 3 aromatic rings. The smallest absolute Gasteiger partial charge is 0.225 e. The van der Waals surface area contributed by atoms with E-state index >= 15 is 0 Å². The largest absolute Gasteiger partial charge is 0.497 e. The summed E-state index contributed by atoms with van der Waals surface area (Å²) in [5.41, 5.74) is 4.87. The van der Waals surface area contributed by atoms with Crippen molar-refractivity contribution < 1.29 is 9.53 Å². The molecule has 1 N–H and O–H groups in total. The summed E-state index contributed by atoms with van der Waals surface area (Å²) in [6.45, 7) is 0. The van der Waals surface area contributed by atoms with E-state index in [0.717, 1.165) is 35.5 Å². The highest BCUT2D eigenvalue weighted by molar-refractivity contribution is 5.79. The quantitative estimate of drug-likeness (QED) is 0.698. The Hall–Kier alpha value is -3.08. The molecule has 2 aromatic carbocycles. The van der Waals surface area contributed by atoms with Crippen molar-refractivity contribution in [1.82, 2.24) is 14.9 Å². The number of carbonyl (C=O) groups is 1. The molecule has 0 radical (unpaired) electrons. The third-order valence-electron chi connectivity index (χ3n) is 5.65. The minimum absolute atomic E-state index is 0.00965. The number of rotatable bonds is 6. The first kappa shape index (κ1) is 19.2. The Kier molecular flexibility index (Phi) is 5.65. The van der Waals surface area contributed by atoms with E-state index in [1.165, 1.54) is 24.0 Å². The lowest BCUT2D eigenvalue weighted by Gasteiger charge is -2.20. The SMILES string of the molecule is COc1ccc([C@H](NC(=O)Cc2ccc3c(c2)CCCC3)c2nccn2C)cc1. The van der Waals surface area contributed by atoms with Gasteiger partial charge < -0.3 is 14.6 Å². The van der Waals surface area contributed by atoms with Gasteiger partial charge in [-0.05, 0) is 60.1 Å². The van der Waals surface area contributed by atoms with Crippen molar-refractivity contribution in [2.45, 2.75) is 38.1 Å². The Bertz CT molecular complexity index is 992. The molecule has 1 aromatic heterocycles. The fourth-order valence-corrected chi connectivity index (χ4v) is 4.04. The highest BCUT2D eigenvalue weighted by Crippen LogP contribution is 2.24.